The van der Waals surface area contributed by atoms with Gasteiger partial charge < -0.3 is 21.1 Å². The molecule has 0 fully saturated rings. The summed E-state index contributed by atoms with van der Waals surface area (Å²) >= 11 is 0. The van der Waals surface area contributed by atoms with Gasteiger partial charge in [-0.05, 0) is 12.1 Å². The molecule has 3 aromatic rings. The van der Waals surface area contributed by atoms with Crippen LogP contribution in [-0.2, 0) is 0 Å². The first-order chi connectivity index (χ1) is 11.1. The maximum atomic E-state index is 11.5. The lowest BCUT2D eigenvalue weighted by molar-refractivity contribution is 0.100. The number of nitrogens with two attached hydrogens (primary N) is 1. The van der Waals surface area contributed by atoms with Gasteiger partial charge in [0.15, 0.2) is 5.65 Å². The van der Waals surface area contributed by atoms with Crippen molar-refractivity contribution in [3.63, 3.8) is 0 Å². The van der Waals surface area contributed by atoms with Crippen LogP contribution in [0.25, 0.3) is 5.65 Å². The highest BCUT2D eigenvalue weighted by molar-refractivity contribution is 5.99. The molecule has 4 N–H and O–H groups in total. The van der Waals surface area contributed by atoms with Crippen molar-refractivity contribution in [3.8, 4) is 5.88 Å². The van der Waals surface area contributed by atoms with Gasteiger partial charge in [0.25, 0.3) is 5.91 Å². The maximum absolute atomic E-state index is 11.5. The van der Waals surface area contributed by atoms with E-state index in [0.717, 1.165) is 0 Å². The summed E-state index contributed by atoms with van der Waals surface area (Å²) in [4.78, 5) is 20.0. The van der Waals surface area contributed by atoms with Crippen molar-refractivity contribution < 1.29 is 9.53 Å². The first-order valence-electron chi connectivity index (χ1n) is 6.76. The Morgan fingerprint density at radius 1 is 1.43 bits per heavy atom. The Balaban J connectivity index is 2.10. The molecule has 1 amide bonds. The topological polar surface area (TPSA) is 119 Å². The van der Waals surface area contributed by atoms with Crippen molar-refractivity contribution in [3.05, 3.63) is 36.2 Å². The molecule has 3 heterocycles. The van der Waals surface area contributed by atoms with Crippen LogP contribution in [0.3, 0.4) is 0 Å². The number of carbonyl (C=O) groups excluding carboxylic acids is 1. The highest BCUT2D eigenvalue weighted by Gasteiger charge is 2.15. The van der Waals surface area contributed by atoms with Crippen molar-refractivity contribution in [1.29, 1.82) is 0 Å². The molecule has 23 heavy (non-hydrogen) atoms. The second-order valence-electron chi connectivity index (χ2n) is 4.62. The average Bonchev–Trinajstić information content (AvgIpc) is 2.98. The monoisotopic (exact) mass is 313 g/mol. The number of aromatic nitrogens is 4. The van der Waals surface area contributed by atoms with Crippen LogP contribution in [-0.4, -0.2) is 39.6 Å². The Bertz CT molecular complexity index is 875. The summed E-state index contributed by atoms with van der Waals surface area (Å²) in [5, 5.41) is 10.2. The van der Waals surface area contributed by atoms with E-state index in [9.17, 15) is 4.79 Å². The number of nitrogens with zero attached hydrogens (tertiary/aromatic N) is 4. The van der Waals surface area contributed by atoms with Crippen LogP contribution in [0.1, 0.15) is 10.4 Å². The third kappa shape index (κ3) is 2.59. The van der Waals surface area contributed by atoms with Crippen molar-refractivity contribution >= 4 is 28.9 Å². The lowest BCUT2D eigenvalue weighted by atomic mass is 10.3. The summed E-state index contributed by atoms with van der Waals surface area (Å²) < 4.78 is 6.71. The fourth-order valence-electron chi connectivity index (χ4n) is 2.17. The van der Waals surface area contributed by atoms with E-state index in [0.29, 0.717) is 28.9 Å². The predicted molar refractivity (Wildman–Crippen MR) is 85.1 cm³/mol. The molecule has 0 bridgehead atoms. The van der Waals surface area contributed by atoms with Gasteiger partial charge in [-0.1, -0.05) is 0 Å². The molecule has 0 saturated heterocycles. The van der Waals surface area contributed by atoms with E-state index in [4.69, 9.17) is 10.5 Å². The number of ether oxygens (including phenoxy) is 1. The van der Waals surface area contributed by atoms with Gasteiger partial charge in [-0.15, -0.1) is 0 Å². The zero-order chi connectivity index (χ0) is 16.4. The van der Waals surface area contributed by atoms with Crippen molar-refractivity contribution in [2.45, 2.75) is 0 Å². The molecule has 0 aliphatic carbocycles. The number of anilines is 3. The summed E-state index contributed by atoms with van der Waals surface area (Å²) in [6.45, 7) is 0. The zero-order valence-corrected chi connectivity index (χ0v) is 12.6. The quantitative estimate of drug-likeness (QED) is 0.643. The molecular formula is C14H15N7O2. The van der Waals surface area contributed by atoms with Crippen LogP contribution < -0.4 is 21.1 Å². The number of methoxy groups -OCH3 is 1. The van der Waals surface area contributed by atoms with E-state index in [1.807, 2.05) is 6.07 Å². The molecule has 9 heteroatoms. The SMILES string of the molecule is CNc1cc(Nc2cccnc2OC)nc2c(C(N)=O)cnn12. The van der Waals surface area contributed by atoms with Gasteiger partial charge >= 0.3 is 0 Å². The average molecular weight is 313 g/mol. The molecule has 9 nitrogen and oxygen atoms in total. The largest absolute Gasteiger partial charge is 0.480 e. The van der Waals surface area contributed by atoms with Gasteiger partial charge in [-0.2, -0.15) is 9.61 Å². The third-order valence-corrected chi connectivity index (χ3v) is 3.22. The number of carbonyl (C=O) groups is 1. The van der Waals surface area contributed by atoms with Crippen LogP contribution in [0.15, 0.2) is 30.6 Å². The Labute approximate surface area is 131 Å². The molecule has 0 atom stereocenters. The molecule has 3 aromatic heterocycles. The predicted octanol–water partition coefficient (Wildman–Crippen LogP) is 1.02. The minimum atomic E-state index is -0.592. The molecular weight excluding hydrogens is 298 g/mol. The maximum Gasteiger partial charge on any atom is 0.254 e. The van der Waals surface area contributed by atoms with Crippen molar-refractivity contribution in [2.75, 3.05) is 24.8 Å². The van der Waals surface area contributed by atoms with Crippen molar-refractivity contribution in [2.24, 2.45) is 5.73 Å². The molecule has 0 radical (unpaired) electrons. The van der Waals surface area contributed by atoms with E-state index in [2.05, 4.69) is 25.7 Å². The van der Waals surface area contributed by atoms with Crippen LogP contribution in [0.5, 0.6) is 5.88 Å². The fraction of sp³-hybridized carbons (Fsp3) is 0.143. The molecule has 0 aliphatic heterocycles. The smallest absolute Gasteiger partial charge is 0.254 e. The number of amides is 1. The third-order valence-electron chi connectivity index (χ3n) is 3.22. The van der Waals surface area contributed by atoms with E-state index in [-0.39, 0.29) is 5.56 Å². The number of pyridine rings is 1. The number of primary amides is 1. The number of hydrogen-bond donors (Lipinski definition) is 3. The molecule has 3 rings (SSSR count). The van der Waals surface area contributed by atoms with E-state index < -0.39 is 5.91 Å². The summed E-state index contributed by atoms with van der Waals surface area (Å²) in [5.74, 6) is 0.985. The minimum Gasteiger partial charge on any atom is -0.480 e. The lowest BCUT2D eigenvalue weighted by Crippen LogP contribution is -2.12. The van der Waals surface area contributed by atoms with E-state index >= 15 is 0 Å². The van der Waals surface area contributed by atoms with Crippen LogP contribution in [0.2, 0.25) is 0 Å². The summed E-state index contributed by atoms with van der Waals surface area (Å²) in [5.41, 5.74) is 6.60. The Kier molecular flexibility index (Phi) is 3.67. The molecule has 0 spiro atoms. The Hall–Kier alpha value is -3.36. The second-order valence-corrected chi connectivity index (χ2v) is 4.62. The van der Waals surface area contributed by atoms with Crippen LogP contribution in [0.4, 0.5) is 17.3 Å². The number of nitrogens with one attached hydrogen (secondary N) is 2. The normalized spacial score (nSPS) is 10.5. The molecule has 118 valence electrons. The van der Waals surface area contributed by atoms with Gasteiger partial charge in [0.1, 0.15) is 22.9 Å². The van der Waals surface area contributed by atoms with Gasteiger partial charge in [0.05, 0.1) is 13.3 Å². The molecule has 0 unspecified atom stereocenters. The first-order valence-corrected chi connectivity index (χ1v) is 6.76. The van der Waals surface area contributed by atoms with Gasteiger partial charge in [0.2, 0.25) is 5.88 Å². The second kappa shape index (κ2) is 5.79. The molecule has 0 aromatic carbocycles. The van der Waals surface area contributed by atoms with Crippen LogP contribution in [0, 0.1) is 0 Å². The van der Waals surface area contributed by atoms with Gasteiger partial charge in [-0.25, -0.2) is 9.97 Å². The minimum absolute atomic E-state index is 0.239. The lowest BCUT2D eigenvalue weighted by Gasteiger charge is -2.11. The van der Waals surface area contributed by atoms with E-state index in [1.54, 1.807) is 25.4 Å². The van der Waals surface area contributed by atoms with Gasteiger partial charge in [-0.3, -0.25) is 4.79 Å². The Morgan fingerprint density at radius 2 is 2.26 bits per heavy atom. The summed E-state index contributed by atoms with van der Waals surface area (Å²) in [6.07, 6.45) is 3.02. The number of fused-ring (bicyclic) bond motifs is 1. The highest BCUT2D eigenvalue weighted by atomic mass is 16.5. The molecule has 0 saturated carbocycles. The standard InChI is InChI=1S/C14H15N7O2/c1-16-11-6-10(19-9-4-3-5-17-14(9)23-2)20-13-8(12(15)22)7-18-21(11)13/h3-7,16H,1-2H3,(H2,15,22)(H,19,20). The number of hydrogen-bond acceptors (Lipinski definition) is 7. The highest BCUT2D eigenvalue weighted by Crippen LogP contribution is 2.26. The van der Waals surface area contributed by atoms with Crippen molar-refractivity contribution in [1.82, 2.24) is 19.6 Å². The summed E-state index contributed by atoms with van der Waals surface area (Å²) in [7, 11) is 3.28. The van der Waals surface area contributed by atoms with E-state index in [1.165, 1.54) is 17.8 Å². The zero-order valence-electron chi connectivity index (χ0n) is 12.6. The fourth-order valence-corrected chi connectivity index (χ4v) is 2.17. The molecule has 0 aliphatic rings. The van der Waals surface area contributed by atoms with Crippen LogP contribution >= 0.6 is 0 Å². The Morgan fingerprint density at radius 3 is 2.96 bits per heavy atom. The van der Waals surface area contributed by atoms with Gasteiger partial charge in [0, 0.05) is 19.3 Å². The first kappa shape index (κ1) is 14.6. The summed E-state index contributed by atoms with van der Waals surface area (Å²) in [6, 6.07) is 5.33. The number of rotatable bonds is 5.